The third-order valence-electron chi connectivity index (χ3n) is 3.52. The molecule has 1 rings (SSSR count). The fraction of sp³-hybridized carbons (Fsp3) is 0.923. The average Bonchev–Trinajstić information content (AvgIpc) is 2.27. The highest BCUT2D eigenvalue weighted by Gasteiger charge is 2.30. The number of nitrogens with one attached hydrogen (secondary N) is 1. The molecule has 1 amide bonds. The van der Waals surface area contributed by atoms with Crippen molar-refractivity contribution in [2.24, 2.45) is 11.1 Å². The molecular weight excluding hydrogens is 232 g/mol. The van der Waals surface area contributed by atoms with Crippen molar-refractivity contribution < 1.29 is 4.79 Å². The molecule has 1 aliphatic carbocycles. The summed E-state index contributed by atoms with van der Waals surface area (Å²) >= 11 is 1.91. The van der Waals surface area contributed by atoms with Crippen LogP contribution in [0.5, 0.6) is 0 Å². The zero-order valence-corrected chi connectivity index (χ0v) is 12.3. The molecule has 2 unspecified atom stereocenters. The molecule has 0 aromatic heterocycles. The number of amides is 1. The summed E-state index contributed by atoms with van der Waals surface area (Å²) < 4.78 is 0. The van der Waals surface area contributed by atoms with Gasteiger partial charge in [0.25, 0.3) is 0 Å². The minimum absolute atomic E-state index is 0.00394. The number of nitrogens with two attached hydrogens (primary N) is 1. The first-order chi connectivity index (χ1) is 7.84. The summed E-state index contributed by atoms with van der Waals surface area (Å²) in [6, 6.07) is -0.0979. The van der Waals surface area contributed by atoms with Crippen molar-refractivity contribution in [3.05, 3.63) is 0 Å². The number of hydrogen-bond donors (Lipinski definition) is 2. The van der Waals surface area contributed by atoms with Crippen LogP contribution in [0.2, 0.25) is 0 Å². The molecule has 3 nitrogen and oxygen atoms in total. The number of carbonyl (C=O) groups is 1. The Bertz CT molecular complexity index is 263. The van der Waals surface area contributed by atoms with Gasteiger partial charge in [0, 0.05) is 11.3 Å². The fourth-order valence-electron chi connectivity index (χ4n) is 2.17. The highest BCUT2D eigenvalue weighted by atomic mass is 32.2. The Morgan fingerprint density at radius 1 is 1.41 bits per heavy atom. The van der Waals surface area contributed by atoms with Gasteiger partial charge in [-0.25, -0.2) is 0 Å². The van der Waals surface area contributed by atoms with E-state index in [0.717, 1.165) is 12.8 Å². The Morgan fingerprint density at radius 2 is 2.06 bits per heavy atom. The molecule has 0 aliphatic heterocycles. The molecule has 0 heterocycles. The Kier molecular flexibility index (Phi) is 5.32. The summed E-state index contributed by atoms with van der Waals surface area (Å²) in [5, 5.41) is 3.81. The van der Waals surface area contributed by atoms with E-state index < -0.39 is 6.04 Å². The standard InChI is InChI=1S/C13H26N2OS/c1-13(2,3)11(14)12(16)15-9-6-5-7-10(8-9)17-4/h9-11H,5-8,14H2,1-4H3,(H,15,16)/t9?,10?,11-/m0/s1. The summed E-state index contributed by atoms with van der Waals surface area (Å²) in [4.78, 5) is 12.0. The Hall–Kier alpha value is -0.220. The van der Waals surface area contributed by atoms with Gasteiger partial charge in [-0.2, -0.15) is 11.8 Å². The normalized spacial score (nSPS) is 27.6. The SMILES string of the molecule is CSC1CCCC(NC(=O)[C@H](N)C(C)(C)C)C1. The zero-order chi connectivity index (χ0) is 13.1. The average molecular weight is 258 g/mol. The van der Waals surface area contributed by atoms with Crippen molar-refractivity contribution >= 4 is 17.7 Å². The first-order valence-corrected chi connectivity index (χ1v) is 7.72. The molecule has 0 aromatic rings. The predicted molar refractivity (Wildman–Crippen MR) is 75.1 cm³/mol. The van der Waals surface area contributed by atoms with Gasteiger partial charge < -0.3 is 11.1 Å². The number of rotatable bonds is 3. The van der Waals surface area contributed by atoms with Crippen molar-refractivity contribution in [2.75, 3.05) is 6.26 Å². The fourth-order valence-corrected chi connectivity index (χ4v) is 3.00. The molecule has 17 heavy (non-hydrogen) atoms. The van der Waals surface area contributed by atoms with Crippen LogP contribution >= 0.6 is 11.8 Å². The van der Waals surface area contributed by atoms with E-state index in [1.54, 1.807) is 0 Å². The predicted octanol–water partition coefficient (Wildman–Crippen LogP) is 2.15. The van der Waals surface area contributed by atoms with Crippen LogP contribution in [0.3, 0.4) is 0 Å². The second-order valence-electron chi connectivity index (χ2n) is 6.07. The van der Waals surface area contributed by atoms with Crippen LogP contribution in [0.4, 0.5) is 0 Å². The van der Waals surface area contributed by atoms with E-state index in [2.05, 4.69) is 11.6 Å². The van der Waals surface area contributed by atoms with E-state index in [0.29, 0.717) is 11.3 Å². The first kappa shape index (κ1) is 14.8. The van der Waals surface area contributed by atoms with Crippen LogP contribution in [-0.4, -0.2) is 29.5 Å². The number of thioether (sulfide) groups is 1. The third kappa shape index (κ3) is 4.51. The molecule has 0 radical (unpaired) electrons. The summed E-state index contributed by atoms with van der Waals surface area (Å²) in [5.41, 5.74) is 5.79. The summed E-state index contributed by atoms with van der Waals surface area (Å²) in [7, 11) is 0. The molecule has 0 saturated heterocycles. The second kappa shape index (κ2) is 6.10. The molecule has 0 spiro atoms. The summed E-state index contributed by atoms with van der Waals surface area (Å²) in [6.45, 7) is 6.01. The summed E-state index contributed by atoms with van der Waals surface area (Å²) in [5.74, 6) is 0.00394. The third-order valence-corrected chi connectivity index (χ3v) is 4.62. The van der Waals surface area contributed by atoms with Crippen molar-refractivity contribution in [3.8, 4) is 0 Å². The minimum Gasteiger partial charge on any atom is -0.352 e. The van der Waals surface area contributed by atoms with Crippen molar-refractivity contribution in [3.63, 3.8) is 0 Å². The lowest BCUT2D eigenvalue weighted by Gasteiger charge is -2.32. The molecule has 1 fully saturated rings. The Morgan fingerprint density at radius 3 is 2.59 bits per heavy atom. The van der Waals surface area contributed by atoms with E-state index in [1.807, 2.05) is 32.5 Å². The first-order valence-electron chi connectivity index (χ1n) is 6.43. The van der Waals surface area contributed by atoms with E-state index in [4.69, 9.17) is 5.73 Å². The van der Waals surface area contributed by atoms with Gasteiger partial charge in [0.2, 0.25) is 5.91 Å². The lowest BCUT2D eigenvalue weighted by molar-refractivity contribution is -0.125. The highest BCUT2D eigenvalue weighted by molar-refractivity contribution is 7.99. The molecule has 0 aromatic carbocycles. The van der Waals surface area contributed by atoms with Crippen molar-refractivity contribution in [1.29, 1.82) is 0 Å². The lowest BCUT2D eigenvalue weighted by Crippen LogP contribution is -2.52. The van der Waals surface area contributed by atoms with Crippen LogP contribution in [-0.2, 0) is 4.79 Å². The van der Waals surface area contributed by atoms with E-state index in [9.17, 15) is 4.79 Å². The maximum Gasteiger partial charge on any atom is 0.237 e. The molecule has 100 valence electrons. The van der Waals surface area contributed by atoms with Gasteiger partial charge in [-0.15, -0.1) is 0 Å². The van der Waals surface area contributed by atoms with Gasteiger partial charge in [-0.3, -0.25) is 4.79 Å². The lowest BCUT2D eigenvalue weighted by atomic mass is 9.86. The van der Waals surface area contributed by atoms with E-state index in [1.165, 1.54) is 12.8 Å². The zero-order valence-electron chi connectivity index (χ0n) is 11.5. The van der Waals surface area contributed by atoms with Gasteiger partial charge >= 0.3 is 0 Å². The van der Waals surface area contributed by atoms with Crippen LogP contribution < -0.4 is 11.1 Å². The maximum atomic E-state index is 12.0. The minimum atomic E-state index is -0.419. The molecule has 1 saturated carbocycles. The molecule has 4 heteroatoms. The van der Waals surface area contributed by atoms with Crippen molar-refractivity contribution in [2.45, 2.75) is 63.8 Å². The van der Waals surface area contributed by atoms with E-state index >= 15 is 0 Å². The maximum absolute atomic E-state index is 12.0. The smallest absolute Gasteiger partial charge is 0.237 e. The van der Waals surface area contributed by atoms with E-state index in [-0.39, 0.29) is 11.3 Å². The monoisotopic (exact) mass is 258 g/mol. The molecule has 1 aliphatic rings. The summed E-state index contributed by atoms with van der Waals surface area (Å²) in [6.07, 6.45) is 6.82. The van der Waals surface area contributed by atoms with Gasteiger partial charge in [0.1, 0.15) is 0 Å². The van der Waals surface area contributed by atoms with Crippen LogP contribution in [0.15, 0.2) is 0 Å². The molecule has 3 atom stereocenters. The quantitative estimate of drug-likeness (QED) is 0.815. The second-order valence-corrected chi connectivity index (χ2v) is 7.21. The molecule has 3 N–H and O–H groups in total. The molecule has 0 bridgehead atoms. The molecular formula is C13H26N2OS. The van der Waals surface area contributed by atoms with Crippen LogP contribution in [0.25, 0.3) is 0 Å². The topological polar surface area (TPSA) is 55.1 Å². The van der Waals surface area contributed by atoms with Gasteiger partial charge in [0.05, 0.1) is 6.04 Å². The highest BCUT2D eigenvalue weighted by Crippen LogP contribution is 2.27. The largest absolute Gasteiger partial charge is 0.352 e. The van der Waals surface area contributed by atoms with Gasteiger partial charge in [0.15, 0.2) is 0 Å². The van der Waals surface area contributed by atoms with Crippen LogP contribution in [0, 0.1) is 5.41 Å². The number of hydrogen-bond acceptors (Lipinski definition) is 3. The van der Waals surface area contributed by atoms with Crippen molar-refractivity contribution in [1.82, 2.24) is 5.32 Å². The Labute approximate surface area is 109 Å². The Balaban J connectivity index is 2.46. The van der Waals surface area contributed by atoms with Crippen LogP contribution in [0.1, 0.15) is 46.5 Å². The van der Waals surface area contributed by atoms with Gasteiger partial charge in [-0.1, -0.05) is 27.2 Å². The van der Waals surface area contributed by atoms with Gasteiger partial charge in [-0.05, 0) is 30.9 Å². The number of carbonyl (C=O) groups excluding carboxylic acids is 1.